The number of nitrogens with zero attached hydrogens (tertiary/aromatic N) is 1. The van der Waals surface area contributed by atoms with Crippen LogP contribution in [-0.2, 0) is 4.79 Å². The molecule has 1 aliphatic carbocycles. The van der Waals surface area contributed by atoms with Gasteiger partial charge in [0.15, 0.2) is 0 Å². The molecule has 0 saturated heterocycles. The fourth-order valence-corrected chi connectivity index (χ4v) is 1.60. The van der Waals surface area contributed by atoms with Crippen molar-refractivity contribution >= 4 is 5.91 Å². The van der Waals surface area contributed by atoms with Crippen molar-refractivity contribution < 1.29 is 4.79 Å². The molecule has 14 heavy (non-hydrogen) atoms. The minimum atomic E-state index is 0.110. The van der Waals surface area contributed by atoms with Crippen molar-refractivity contribution in [1.29, 1.82) is 0 Å². The first-order valence-corrected chi connectivity index (χ1v) is 5.60. The summed E-state index contributed by atoms with van der Waals surface area (Å²) < 4.78 is 0. The first kappa shape index (κ1) is 11.5. The van der Waals surface area contributed by atoms with Crippen molar-refractivity contribution in [2.75, 3.05) is 26.7 Å². The maximum Gasteiger partial charge on any atom is 0.226 e. The molecule has 1 aliphatic rings. The SMILES string of the molecule is CCNCC(C)C(=O)N(C)CC1CC1. The molecule has 0 heterocycles. The van der Waals surface area contributed by atoms with E-state index in [1.807, 2.05) is 18.9 Å². The van der Waals surface area contributed by atoms with E-state index in [9.17, 15) is 4.79 Å². The number of nitrogens with one attached hydrogen (secondary N) is 1. The van der Waals surface area contributed by atoms with Crippen LogP contribution in [0, 0.1) is 11.8 Å². The summed E-state index contributed by atoms with van der Waals surface area (Å²) in [4.78, 5) is 13.7. The summed E-state index contributed by atoms with van der Waals surface area (Å²) in [6.45, 7) is 6.74. The maximum absolute atomic E-state index is 11.8. The molecule has 0 bridgehead atoms. The first-order chi connectivity index (χ1) is 6.65. The highest BCUT2D eigenvalue weighted by Crippen LogP contribution is 2.29. The molecule has 1 N–H and O–H groups in total. The lowest BCUT2D eigenvalue weighted by molar-refractivity contribution is -0.133. The lowest BCUT2D eigenvalue weighted by Gasteiger charge is -2.21. The van der Waals surface area contributed by atoms with Gasteiger partial charge in [-0.25, -0.2) is 0 Å². The van der Waals surface area contributed by atoms with Crippen LogP contribution in [0.2, 0.25) is 0 Å². The van der Waals surface area contributed by atoms with E-state index in [2.05, 4.69) is 12.2 Å². The molecule has 0 spiro atoms. The van der Waals surface area contributed by atoms with Crippen molar-refractivity contribution in [1.82, 2.24) is 10.2 Å². The van der Waals surface area contributed by atoms with Crippen LogP contribution in [0.4, 0.5) is 0 Å². The molecule has 3 nitrogen and oxygen atoms in total. The summed E-state index contributed by atoms with van der Waals surface area (Å²) >= 11 is 0. The van der Waals surface area contributed by atoms with Gasteiger partial charge in [0, 0.05) is 26.1 Å². The van der Waals surface area contributed by atoms with E-state index in [1.165, 1.54) is 12.8 Å². The third-order valence-electron chi connectivity index (χ3n) is 2.73. The Labute approximate surface area is 86.9 Å². The predicted octanol–water partition coefficient (Wildman–Crippen LogP) is 1.10. The molecule has 1 unspecified atom stereocenters. The second-order valence-corrected chi connectivity index (χ2v) is 4.37. The van der Waals surface area contributed by atoms with E-state index in [0.29, 0.717) is 0 Å². The van der Waals surface area contributed by atoms with Gasteiger partial charge in [-0.3, -0.25) is 4.79 Å². The van der Waals surface area contributed by atoms with Gasteiger partial charge in [0.1, 0.15) is 0 Å². The lowest BCUT2D eigenvalue weighted by Crippen LogP contribution is -2.37. The third kappa shape index (κ3) is 3.66. The quantitative estimate of drug-likeness (QED) is 0.693. The Morgan fingerprint density at radius 1 is 1.57 bits per heavy atom. The van der Waals surface area contributed by atoms with Crippen LogP contribution >= 0.6 is 0 Å². The number of carbonyl (C=O) groups is 1. The van der Waals surface area contributed by atoms with Crippen molar-refractivity contribution in [2.45, 2.75) is 26.7 Å². The Balaban J connectivity index is 2.22. The van der Waals surface area contributed by atoms with Gasteiger partial charge in [-0.2, -0.15) is 0 Å². The van der Waals surface area contributed by atoms with E-state index < -0.39 is 0 Å². The van der Waals surface area contributed by atoms with Gasteiger partial charge >= 0.3 is 0 Å². The largest absolute Gasteiger partial charge is 0.345 e. The summed E-state index contributed by atoms with van der Waals surface area (Å²) in [7, 11) is 1.92. The smallest absolute Gasteiger partial charge is 0.226 e. The predicted molar refractivity (Wildman–Crippen MR) is 58.1 cm³/mol. The fraction of sp³-hybridized carbons (Fsp3) is 0.909. The minimum Gasteiger partial charge on any atom is -0.345 e. The molecule has 3 heteroatoms. The monoisotopic (exact) mass is 198 g/mol. The lowest BCUT2D eigenvalue weighted by atomic mass is 10.1. The second-order valence-electron chi connectivity index (χ2n) is 4.37. The summed E-state index contributed by atoms with van der Waals surface area (Å²) in [6, 6.07) is 0. The van der Waals surface area contributed by atoms with Crippen LogP contribution in [0.1, 0.15) is 26.7 Å². The molecule has 0 radical (unpaired) electrons. The van der Waals surface area contributed by atoms with E-state index in [-0.39, 0.29) is 11.8 Å². The Hall–Kier alpha value is -0.570. The standard InChI is InChI=1S/C11H22N2O/c1-4-12-7-9(2)11(14)13(3)8-10-5-6-10/h9-10,12H,4-8H2,1-3H3. The third-order valence-corrected chi connectivity index (χ3v) is 2.73. The molecule has 0 aromatic carbocycles. The van der Waals surface area contributed by atoms with Crippen LogP contribution < -0.4 is 5.32 Å². The van der Waals surface area contributed by atoms with Gasteiger partial charge in [0.2, 0.25) is 5.91 Å². The number of carbonyl (C=O) groups excluding carboxylic acids is 1. The van der Waals surface area contributed by atoms with Gasteiger partial charge in [-0.15, -0.1) is 0 Å². The van der Waals surface area contributed by atoms with Gasteiger partial charge in [0.25, 0.3) is 0 Å². The Bertz CT molecular complexity index is 190. The summed E-state index contributed by atoms with van der Waals surface area (Å²) in [6.07, 6.45) is 2.61. The van der Waals surface area contributed by atoms with Crippen molar-refractivity contribution in [2.24, 2.45) is 11.8 Å². The summed E-state index contributed by atoms with van der Waals surface area (Å²) in [5.74, 6) is 1.17. The molecule has 1 fully saturated rings. The van der Waals surface area contributed by atoms with E-state index in [4.69, 9.17) is 0 Å². The maximum atomic E-state index is 11.8. The zero-order chi connectivity index (χ0) is 10.6. The highest BCUT2D eigenvalue weighted by atomic mass is 16.2. The van der Waals surface area contributed by atoms with Crippen LogP contribution in [0.25, 0.3) is 0 Å². The van der Waals surface area contributed by atoms with Crippen LogP contribution in [0.15, 0.2) is 0 Å². The average molecular weight is 198 g/mol. The van der Waals surface area contributed by atoms with Gasteiger partial charge < -0.3 is 10.2 Å². The fourth-order valence-electron chi connectivity index (χ4n) is 1.60. The molecule has 1 amide bonds. The van der Waals surface area contributed by atoms with Crippen molar-refractivity contribution in [3.05, 3.63) is 0 Å². The molecule has 1 saturated carbocycles. The molecule has 0 aliphatic heterocycles. The normalized spacial score (nSPS) is 17.9. The van der Waals surface area contributed by atoms with Gasteiger partial charge in [-0.05, 0) is 25.3 Å². The molecule has 0 aromatic heterocycles. The topological polar surface area (TPSA) is 32.3 Å². The number of amides is 1. The zero-order valence-electron chi connectivity index (χ0n) is 9.55. The minimum absolute atomic E-state index is 0.110. The average Bonchev–Trinajstić information content (AvgIpc) is 2.96. The van der Waals surface area contributed by atoms with Crippen LogP contribution in [0.5, 0.6) is 0 Å². The summed E-state index contributed by atoms with van der Waals surface area (Å²) in [5.41, 5.74) is 0. The number of hydrogen-bond donors (Lipinski definition) is 1. The molecule has 0 aromatic rings. The van der Waals surface area contributed by atoms with Crippen molar-refractivity contribution in [3.63, 3.8) is 0 Å². The first-order valence-electron chi connectivity index (χ1n) is 5.60. The Kier molecular flexibility index (Phi) is 4.39. The van der Waals surface area contributed by atoms with Crippen molar-refractivity contribution in [3.8, 4) is 0 Å². The Morgan fingerprint density at radius 2 is 2.21 bits per heavy atom. The molecule has 82 valence electrons. The van der Waals surface area contributed by atoms with Gasteiger partial charge in [-0.1, -0.05) is 13.8 Å². The highest BCUT2D eigenvalue weighted by molar-refractivity contribution is 5.78. The molecule has 1 atom stereocenters. The van der Waals surface area contributed by atoms with Gasteiger partial charge in [0.05, 0.1) is 0 Å². The molecule has 1 rings (SSSR count). The summed E-state index contributed by atoms with van der Waals surface area (Å²) in [5, 5.41) is 3.21. The second kappa shape index (κ2) is 5.35. The van der Waals surface area contributed by atoms with E-state index in [1.54, 1.807) is 0 Å². The van der Waals surface area contributed by atoms with Crippen LogP contribution in [-0.4, -0.2) is 37.5 Å². The van der Waals surface area contributed by atoms with E-state index >= 15 is 0 Å². The van der Waals surface area contributed by atoms with Crippen LogP contribution in [0.3, 0.4) is 0 Å². The van der Waals surface area contributed by atoms with E-state index in [0.717, 1.165) is 25.6 Å². The highest BCUT2D eigenvalue weighted by Gasteiger charge is 2.26. The number of rotatable bonds is 6. The number of hydrogen-bond acceptors (Lipinski definition) is 2. The zero-order valence-corrected chi connectivity index (χ0v) is 9.55. The molecular weight excluding hydrogens is 176 g/mol. The molecular formula is C11H22N2O. The Morgan fingerprint density at radius 3 is 2.71 bits per heavy atom.